The fraction of sp³-hybridized carbons (Fsp3) is 0.368. The van der Waals surface area contributed by atoms with E-state index in [2.05, 4.69) is 5.32 Å². The van der Waals surface area contributed by atoms with Gasteiger partial charge in [-0.2, -0.15) is 0 Å². The Hall–Kier alpha value is -2.48. The van der Waals surface area contributed by atoms with E-state index >= 15 is 0 Å². The van der Waals surface area contributed by atoms with Crippen LogP contribution in [-0.4, -0.2) is 45.5 Å². The van der Waals surface area contributed by atoms with Crippen LogP contribution in [0.4, 0.5) is 14.9 Å². The van der Waals surface area contributed by atoms with Crippen molar-refractivity contribution < 1.29 is 18.4 Å². The zero-order valence-electron chi connectivity index (χ0n) is 14.7. The molecule has 1 aromatic heterocycles. The lowest BCUT2D eigenvalue weighted by Gasteiger charge is -2.43. The SMILES string of the molecule is O=C(Nc1cccc(F)c1)N1CCC2(CC1)SCC(=O)N2Cc1ccco1. The molecule has 2 fully saturated rings. The number of hydrogen-bond acceptors (Lipinski definition) is 4. The molecule has 6 nitrogen and oxygen atoms in total. The van der Waals surface area contributed by atoms with Gasteiger partial charge in [0.15, 0.2) is 0 Å². The van der Waals surface area contributed by atoms with Crippen LogP contribution in [-0.2, 0) is 11.3 Å². The summed E-state index contributed by atoms with van der Waals surface area (Å²) in [6.45, 7) is 1.53. The van der Waals surface area contributed by atoms with Gasteiger partial charge >= 0.3 is 6.03 Å². The standard InChI is InChI=1S/C19H20FN3O3S/c20-14-3-1-4-15(11-14)21-18(25)22-8-6-19(7-9-22)23(17(24)13-27-19)12-16-5-2-10-26-16/h1-5,10-11H,6-9,12-13H2,(H,21,25). The topological polar surface area (TPSA) is 65.8 Å². The highest BCUT2D eigenvalue weighted by atomic mass is 32.2. The molecule has 0 saturated carbocycles. The Bertz CT molecular complexity index is 834. The lowest BCUT2D eigenvalue weighted by molar-refractivity contribution is -0.132. The zero-order chi connectivity index (χ0) is 18.9. The number of carbonyl (C=O) groups is 2. The second kappa shape index (κ2) is 7.26. The van der Waals surface area contributed by atoms with Gasteiger partial charge in [-0.25, -0.2) is 9.18 Å². The summed E-state index contributed by atoms with van der Waals surface area (Å²) >= 11 is 1.65. The van der Waals surface area contributed by atoms with Crippen molar-refractivity contribution in [2.45, 2.75) is 24.3 Å². The first-order valence-electron chi connectivity index (χ1n) is 8.84. The lowest BCUT2D eigenvalue weighted by Crippen LogP contribution is -2.53. The molecule has 0 aliphatic carbocycles. The molecule has 1 aromatic carbocycles. The van der Waals surface area contributed by atoms with E-state index < -0.39 is 0 Å². The van der Waals surface area contributed by atoms with Crippen LogP contribution in [0.15, 0.2) is 47.1 Å². The van der Waals surface area contributed by atoms with Crippen LogP contribution in [0.1, 0.15) is 18.6 Å². The maximum absolute atomic E-state index is 13.3. The minimum atomic E-state index is -0.389. The first-order valence-corrected chi connectivity index (χ1v) is 9.83. The van der Waals surface area contributed by atoms with E-state index in [0.29, 0.717) is 43.9 Å². The predicted molar refractivity (Wildman–Crippen MR) is 101 cm³/mol. The fourth-order valence-electron chi connectivity index (χ4n) is 3.61. The normalized spacial score (nSPS) is 18.9. The van der Waals surface area contributed by atoms with Crippen LogP contribution in [0.2, 0.25) is 0 Å². The summed E-state index contributed by atoms with van der Waals surface area (Å²) in [6.07, 6.45) is 3.00. The summed E-state index contributed by atoms with van der Waals surface area (Å²) in [7, 11) is 0. The average molecular weight is 389 g/mol. The number of urea groups is 1. The number of likely N-dealkylation sites (tertiary alicyclic amines) is 1. The smallest absolute Gasteiger partial charge is 0.321 e. The first kappa shape index (κ1) is 17.9. The molecular formula is C19H20FN3O3S. The Morgan fingerprint density at radius 2 is 2.07 bits per heavy atom. The van der Waals surface area contributed by atoms with Crippen LogP contribution in [0.5, 0.6) is 0 Å². The van der Waals surface area contributed by atoms with Crippen molar-refractivity contribution >= 4 is 29.4 Å². The van der Waals surface area contributed by atoms with Crippen LogP contribution >= 0.6 is 11.8 Å². The van der Waals surface area contributed by atoms with Crippen molar-refractivity contribution in [3.05, 3.63) is 54.2 Å². The summed E-state index contributed by atoms with van der Waals surface area (Å²) in [5.41, 5.74) is 0.435. The second-order valence-corrected chi connectivity index (χ2v) is 8.06. The number of hydrogen-bond donors (Lipinski definition) is 1. The molecule has 2 aliphatic rings. The van der Waals surface area contributed by atoms with Crippen molar-refractivity contribution in [2.75, 3.05) is 24.2 Å². The molecule has 0 bridgehead atoms. The maximum Gasteiger partial charge on any atom is 0.321 e. The molecule has 0 unspecified atom stereocenters. The fourth-order valence-corrected chi connectivity index (χ4v) is 4.95. The van der Waals surface area contributed by atoms with Crippen LogP contribution in [0.3, 0.4) is 0 Å². The third-order valence-electron chi connectivity index (χ3n) is 5.06. The third kappa shape index (κ3) is 3.66. The first-order chi connectivity index (χ1) is 13.1. The number of rotatable bonds is 3. The van der Waals surface area contributed by atoms with Gasteiger partial charge in [0, 0.05) is 18.8 Å². The van der Waals surface area contributed by atoms with Gasteiger partial charge in [-0.1, -0.05) is 6.07 Å². The summed E-state index contributed by atoms with van der Waals surface area (Å²) in [4.78, 5) is 28.2. The molecule has 2 aromatic rings. The molecule has 4 rings (SSSR count). The number of nitrogens with zero attached hydrogens (tertiary/aromatic N) is 2. The van der Waals surface area contributed by atoms with Crippen LogP contribution < -0.4 is 5.32 Å². The Morgan fingerprint density at radius 3 is 2.78 bits per heavy atom. The summed E-state index contributed by atoms with van der Waals surface area (Å²) in [5, 5.41) is 2.73. The van der Waals surface area contributed by atoms with Crippen molar-refractivity contribution in [2.24, 2.45) is 0 Å². The van der Waals surface area contributed by atoms with E-state index in [1.165, 1.54) is 12.1 Å². The van der Waals surface area contributed by atoms with Crippen molar-refractivity contribution in [3.63, 3.8) is 0 Å². The van der Waals surface area contributed by atoms with Gasteiger partial charge in [0.05, 0.1) is 23.4 Å². The number of piperidine rings is 1. The minimum absolute atomic E-state index is 0.106. The Kier molecular flexibility index (Phi) is 4.82. The number of nitrogens with one attached hydrogen (secondary N) is 1. The van der Waals surface area contributed by atoms with Gasteiger partial charge in [-0.15, -0.1) is 11.8 Å². The molecule has 8 heteroatoms. The highest BCUT2D eigenvalue weighted by Gasteiger charge is 2.48. The second-order valence-electron chi connectivity index (χ2n) is 6.72. The van der Waals surface area contributed by atoms with Gasteiger partial charge in [-0.05, 0) is 43.2 Å². The van der Waals surface area contributed by atoms with E-state index in [9.17, 15) is 14.0 Å². The average Bonchev–Trinajstić information content (AvgIpc) is 3.27. The van der Waals surface area contributed by atoms with E-state index in [4.69, 9.17) is 4.42 Å². The molecule has 3 heterocycles. The number of furan rings is 1. The Morgan fingerprint density at radius 1 is 1.26 bits per heavy atom. The molecule has 2 aliphatic heterocycles. The lowest BCUT2D eigenvalue weighted by atomic mass is 10.0. The number of carbonyl (C=O) groups excluding carboxylic acids is 2. The molecule has 1 N–H and O–H groups in total. The summed E-state index contributed by atoms with van der Waals surface area (Å²) in [6, 6.07) is 9.28. The molecule has 2 saturated heterocycles. The molecular weight excluding hydrogens is 369 g/mol. The monoisotopic (exact) mass is 389 g/mol. The van der Waals surface area contributed by atoms with E-state index in [1.54, 1.807) is 35.1 Å². The Labute approximate surface area is 160 Å². The largest absolute Gasteiger partial charge is 0.467 e. The summed E-state index contributed by atoms with van der Waals surface area (Å²) in [5.74, 6) is 0.932. The van der Waals surface area contributed by atoms with Crippen molar-refractivity contribution in [1.82, 2.24) is 9.80 Å². The molecule has 0 atom stereocenters. The van der Waals surface area contributed by atoms with E-state index in [1.807, 2.05) is 17.0 Å². The highest BCUT2D eigenvalue weighted by Crippen LogP contribution is 2.45. The zero-order valence-corrected chi connectivity index (χ0v) is 15.5. The number of benzene rings is 1. The number of anilines is 1. The third-order valence-corrected chi connectivity index (χ3v) is 6.62. The number of halogens is 1. The van der Waals surface area contributed by atoms with Crippen molar-refractivity contribution in [3.8, 4) is 0 Å². The molecule has 27 heavy (non-hydrogen) atoms. The highest BCUT2D eigenvalue weighted by molar-refractivity contribution is 8.01. The van der Waals surface area contributed by atoms with Crippen LogP contribution in [0.25, 0.3) is 0 Å². The maximum atomic E-state index is 13.3. The van der Waals surface area contributed by atoms with Gasteiger partial charge < -0.3 is 19.5 Å². The number of thioether (sulfide) groups is 1. The molecule has 3 amide bonds. The van der Waals surface area contributed by atoms with Gasteiger partial charge in [-0.3, -0.25) is 4.79 Å². The van der Waals surface area contributed by atoms with E-state index in [0.717, 1.165) is 5.76 Å². The Balaban J connectivity index is 1.40. The molecule has 0 radical (unpaired) electrons. The number of amides is 3. The predicted octanol–water partition coefficient (Wildman–Crippen LogP) is 3.52. The van der Waals surface area contributed by atoms with Gasteiger partial charge in [0.2, 0.25) is 5.91 Å². The van der Waals surface area contributed by atoms with E-state index in [-0.39, 0.29) is 22.6 Å². The summed E-state index contributed by atoms with van der Waals surface area (Å²) < 4.78 is 18.7. The van der Waals surface area contributed by atoms with Crippen LogP contribution in [0, 0.1) is 5.82 Å². The quantitative estimate of drug-likeness (QED) is 0.872. The van der Waals surface area contributed by atoms with Gasteiger partial charge in [0.25, 0.3) is 0 Å². The van der Waals surface area contributed by atoms with Crippen molar-refractivity contribution in [1.29, 1.82) is 0 Å². The van der Waals surface area contributed by atoms with Gasteiger partial charge in [0.1, 0.15) is 11.6 Å². The molecule has 142 valence electrons. The minimum Gasteiger partial charge on any atom is -0.467 e. The molecule has 1 spiro atoms.